The van der Waals surface area contributed by atoms with Crippen LogP contribution >= 0.6 is 35.0 Å². The first-order valence-corrected chi connectivity index (χ1v) is 12.4. The smallest absolute Gasteiger partial charge is 0.234 e. The van der Waals surface area contributed by atoms with Crippen LogP contribution in [0.4, 0.5) is 5.69 Å². The Morgan fingerprint density at radius 3 is 2.38 bits per heavy atom. The van der Waals surface area contributed by atoms with E-state index >= 15 is 0 Å². The van der Waals surface area contributed by atoms with Crippen molar-refractivity contribution in [2.24, 2.45) is 0 Å². The summed E-state index contributed by atoms with van der Waals surface area (Å²) in [4.78, 5) is 15.0. The largest absolute Gasteiger partial charge is 0.323 e. The number of rotatable bonds is 8. The first kappa shape index (κ1) is 23.1. The Bertz CT molecular complexity index is 1030. The summed E-state index contributed by atoms with van der Waals surface area (Å²) in [6.45, 7) is 3.60. The van der Waals surface area contributed by atoms with Crippen LogP contribution in [0.2, 0.25) is 10.0 Å². The van der Waals surface area contributed by atoms with Crippen LogP contribution in [0.15, 0.2) is 53.7 Å². The molecule has 0 unspecified atom stereocenters. The minimum absolute atomic E-state index is 0.179. The molecule has 1 fully saturated rings. The number of hydrogen-bond acceptors (Lipinski definition) is 5. The van der Waals surface area contributed by atoms with Crippen molar-refractivity contribution in [1.29, 1.82) is 0 Å². The Labute approximate surface area is 202 Å². The van der Waals surface area contributed by atoms with E-state index in [1.807, 2.05) is 18.2 Å². The molecule has 1 N–H and O–H groups in total. The summed E-state index contributed by atoms with van der Waals surface area (Å²) in [5.41, 5.74) is 1.60. The van der Waals surface area contributed by atoms with Crippen LogP contribution in [-0.2, 0) is 17.9 Å². The van der Waals surface area contributed by atoms with E-state index in [-0.39, 0.29) is 11.7 Å². The highest BCUT2D eigenvalue weighted by molar-refractivity contribution is 7.99. The quantitative estimate of drug-likeness (QED) is 0.432. The highest BCUT2D eigenvalue weighted by Crippen LogP contribution is 2.30. The highest BCUT2D eigenvalue weighted by atomic mass is 35.5. The molecule has 2 aromatic carbocycles. The number of hydrogen-bond donors (Lipinski definition) is 1. The molecule has 4 rings (SSSR count). The Hall–Kier alpha value is -2.06. The first-order valence-electron chi connectivity index (χ1n) is 10.6. The van der Waals surface area contributed by atoms with Crippen LogP contribution in [0, 0.1) is 0 Å². The van der Waals surface area contributed by atoms with Gasteiger partial charge in [-0.25, -0.2) is 0 Å². The Kier molecular flexibility index (Phi) is 8.08. The number of halogens is 2. The number of carbonyl (C=O) groups excluding carboxylic acids is 1. The van der Waals surface area contributed by atoms with Gasteiger partial charge in [-0.3, -0.25) is 9.69 Å². The number of nitrogens with one attached hydrogen (secondary N) is 1. The van der Waals surface area contributed by atoms with Gasteiger partial charge in [-0.15, -0.1) is 10.2 Å². The minimum Gasteiger partial charge on any atom is -0.323 e. The third kappa shape index (κ3) is 6.04. The van der Waals surface area contributed by atoms with Crippen molar-refractivity contribution < 1.29 is 4.79 Å². The molecule has 0 atom stereocenters. The summed E-state index contributed by atoms with van der Waals surface area (Å²) in [7, 11) is 0. The van der Waals surface area contributed by atoms with Crippen molar-refractivity contribution in [3.8, 4) is 0 Å². The summed E-state index contributed by atoms with van der Waals surface area (Å²) >= 11 is 13.7. The summed E-state index contributed by atoms with van der Waals surface area (Å²) in [5, 5.41) is 13.2. The minimum atomic E-state index is -0.197. The molecule has 0 bridgehead atoms. The fourth-order valence-electron chi connectivity index (χ4n) is 3.71. The number of likely N-dealkylation sites (tertiary alicyclic amines) is 1. The molecule has 1 amide bonds. The van der Waals surface area contributed by atoms with Crippen LogP contribution in [0.25, 0.3) is 0 Å². The fourth-order valence-corrected chi connectivity index (χ4v) is 4.96. The average Bonchev–Trinajstić information content (AvgIpc) is 3.17. The van der Waals surface area contributed by atoms with Crippen LogP contribution in [-0.4, -0.2) is 44.4 Å². The van der Waals surface area contributed by atoms with Gasteiger partial charge in [-0.1, -0.05) is 77.8 Å². The SMILES string of the molecule is O=C(CSc1nnc(CN2CCCCC2)n1Cc1ccccc1)Nc1c(Cl)cccc1Cl. The predicted molar refractivity (Wildman–Crippen MR) is 131 cm³/mol. The lowest BCUT2D eigenvalue weighted by atomic mass is 10.1. The van der Waals surface area contributed by atoms with Gasteiger partial charge in [0.15, 0.2) is 5.16 Å². The van der Waals surface area contributed by atoms with E-state index in [2.05, 4.69) is 37.1 Å². The highest BCUT2D eigenvalue weighted by Gasteiger charge is 2.19. The van der Waals surface area contributed by atoms with E-state index in [9.17, 15) is 4.79 Å². The zero-order valence-corrected chi connectivity index (χ0v) is 20.0. The van der Waals surface area contributed by atoms with E-state index in [0.717, 1.165) is 30.6 Å². The molecule has 2 heterocycles. The summed E-state index contributed by atoms with van der Waals surface area (Å²) in [6.07, 6.45) is 3.73. The lowest BCUT2D eigenvalue weighted by Gasteiger charge is -2.26. The van der Waals surface area contributed by atoms with Gasteiger partial charge in [0.25, 0.3) is 0 Å². The molecule has 0 saturated carbocycles. The maximum absolute atomic E-state index is 12.6. The van der Waals surface area contributed by atoms with E-state index in [4.69, 9.17) is 23.2 Å². The molecule has 0 spiro atoms. The van der Waals surface area contributed by atoms with Gasteiger partial charge in [0.05, 0.1) is 34.6 Å². The number of thioether (sulfide) groups is 1. The van der Waals surface area contributed by atoms with Crippen LogP contribution in [0.1, 0.15) is 30.7 Å². The number of para-hydroxylation sites is 1. The van der Waals surface area contributed by atoms with Gasteiger partial charge in [0, 0.05) is 0 Å². The maximum atomic E-state index is 12.6. The number of nitrogens with zero attached hydrogens (tertiary/aromatic N) is 4. The topological polar surface area (TPSA) is 63.1 Å². The van der Waals surface area contributed by atoms with Crippen molar-refractivity contribution in [3.63, 3.8) is 0 Å². The van der Waals surface area contributed by atoms with Crippen molar-refractivity contribution in [2.75, 3.05) is 24.2 Å². The van der Waals surface area contributed by atoms with Gasteiger partial charge in [-0.2, -0.15) is 0 Å². The van der Waals surface area contributed by atoms with Gasteiger partial charge < -0.3 is 9.88 Å². The number of benzene rings is 2. The normalized spacial score (nSPS) is 14.4. The van der Waals surface area contributed by atoms with E-state index in [0.29, 0.717) is 22.3 Å². The molecular weight excluding hydrogens is 465 g/mol. The van der Waals surface area contributed by atoms with Gasteiger partial charge in [0.2, 0.25) is 5.91 Å². The molecule has 0 aliphatic carbocycles. The van der Waals surface area contributed by atoms with E-state index < -0.39 is 0 Å². The Morgan fingerprint density at radius 2 is 1.66 bits per heavy atom. The molecule has 168 valence electrons. The van der Waals surface area contributed by atoms with Gasteiger partial charge in [0.1, 0.15) is 5.82 Å². The van der Waals surface area contributed by atoms with Crippen LogP contribution < -0.4 is 5.32 Å². The number of carbonyl (C=O) groups is 1. The molecule has 0 radical (unpaired) electrons. The third-order valence-corrected chi connectivity index (χ3v) is 6.95. The molecule has 9 heteroatoms. The van der Waals surface area contributed by atoms with Crippen LogP contribution in [0.3, 0.4) is 0 Å². The second kappa shape index (κ2) is 11.2. The second-order valence-electron chi connectivity index (χ2n) is 7.74. The van der Waals surface area contributed by atoms with Crippen molar-refractivity contribution in [1.82, 2.24) is 19.7 Å². The zero-order chi connectivity index (χ0) is 22.3. The van der Waals surface area contributed by atoms with Crippen LogP contribution in [0.5, 0.6) is 0 Å². The number of anilines is 1. The molecule has 1 saturated heterocycles. The van der Waals surface area contributed by atoms with Crippen molar-refractivity contribution in [3.05, 3.63) is 70.0 Å². The molecule has 3 aromatic rings. The lowest BCUT2D eigenvalue weighted by molar-refractivity contribution is -0.113. The molecule has 1 aromatic heterocycles. The second-order valence-corrected chi connectivity index (χ2v) is 9.50. The molecular formula is C23H25Cl2N5OS. The predicted octanol–water partition coefficient (Wildman–Crippen LogP) is 5.35. The monoisotopic (exact) mass is 489 g/mol. The summed E-state index contributed by atoms with van der Waals surface area (Å²) in [5.74, 6) is 0.905. The standard InChI is InChI=1S/C23H25Cl2N5OS/c24-18-10-7-11-19(25)22(18)26-21(31)16-32-23-28-27-20(15-29-12-5-2-6-13-29)30(23)14-17-8-3-1-4-9-17/h1,3-4,7-11H,2,5-6,12-16H2,(H,26,31). The van der Waals surface area contributed by atoms with Gasteiger partial charge in [-0.05, 0) is 43.6 Å². The average molecular weight is 490 g/mol. The van der Waals surface area contributed by atoms with E-state index in [1.54, 1.807) is 18.2 Å². The Balaban J connectivity index is 1.47. The summed E-state index contributed by atoms with van der Waals surface area (Å²) in [6, 6.07) is 15.4. The third-order valence-electron chi connectivity index (χ3n) is 5.35. The molecule has 1 aliphatic heterocycles. The number of piperidine rings is 1. The van der Waals surface area contributed by atoms with Crippen molar-refractivity contribution in [2.45, 2.75) is 37.5 Å². The summed E-state index contributed by atoms with van der Waals surface area (Å²) < 4.78 is 2.12. The van der Waals surface area contributed by atoms with Crippen molar-refractivity contribution >= 4 is 46.6 Å². The fraction of sp³-hybridized carbons (Fsp3) is 0.348. The van der Waals surface area contributed by atoms with E-state index in [1.165, 1.54) is 36.6 Å². The zero-order valence-electron chi connectivity index (χ0n) is 17.6. The Morgan fingerprint density at radius 1 is 0.938 bits per heavy atom. The number of amides is 1. The molecule has 1 aliphatic rings. The molecule has 6 nitrogen and oxygen atoms in total. The maximum Gasteiger partial charge on any atom is 0.234 e. The first-order chi connectivity index (χ1) is 15.6. The van der Waals surface area contributed by atoms with Gasteiger partial charge >= 0.3 is 0 Å². The lowest BCUT2D eigenvalue weighted by Crippen LogP contribution is -2.30. The molecule has 32 heavy (non-hydrogen) atoms. The number of aromatic nitrogens is 3.